The van der Waals surface area contributed by atoms with Crippen LogP contribution in [0.15, 0.2) is 42.6 Å². The van der Waals surface area contributed by atoms with Gasteiger partial charge < -0.3 is 10.1 Å². The SMILES string of the molecule is COc1ccc(NC(=O)c2cccc([N+](=O)[O-])c2)cn1. The second kappa shape index (κ2) is 5.79. The summed E-state index contributed by atoms with van der Waals surface area (Å²) in [4.78, 5) is 26.0. The van der Waals surface area contributed by atoms with Crippen LogP contribution in [0, 0.1) is 10.1 Å². The number of anilines is 1. The molecule has 1 N–H and O–H groups in total. The zero-order chi connectivity index (χ0) is 14.5. The maximum Gasteiger partial charge on any atom is 0.270 e. The van der Waals surface area contributed by atoms with Crippen LogP contribution < -0.4 is 10.1 Å². The zero-order valence-electron chi connectivity index (χ0n) is 10.6. The van der Waals surface area contributed by atoms with Crippen LogP contribution in [0.5, 0.6) is 5.88 Å². The summed E-state index contributed by atoms with van der Waals surface area (Å²) in [6, 6.07) is 8.72. The topological polar surface area (TPSA) is 94.4 Å². The molecule has 2 rings (SSSR count). The first-order chi connectivity index (χ1) is 9.60. The minimum atomic E-state index is -0.550. The van der Waals surface area contributed by atoms with E-state index < -0.39 is 10.8 Å². The summed E-state index contributed by atoms with van der Waals surface area (Å²) in [5, 5.41) is 13.3. The maximum absolute atomic E-state index is 12.0. The normalized spacial score (nSPS) is 9.85. The predicted molar refractivity (Wildman–Crippen MR) is 71.8 cm³/mol. The molecule has 0 radical (unpaired) electrons. The van der Waals surface area contributed by atoms with E-state index in [0.29, 0.717) is 11.6 Å². The second-order valence-corrected chi connectivity index (χ2v) is 3.85. The third kappa shape index (κ3) is 3.08. The number of hydrogen-bond donors (Lipinski definition) is 1. The van der Waals surface area contributed by atoms with Gasteiger partial charge in [-0.2, -0.15) is 0 Å². The van der Waals surface area contributed by atoms with E-state index in [9.17, 15) is 14.9 Å². The number of nitrogens with zero attached hydrogens (tertiary/aromatic N) is 2. The van der Waals surface area contributed by atoms with Crippen molar-refractivity contribution in [1.29, 1.82) is 0 Å². The Kier molecular flexibility index (Phi) is 3.90. The first-order valence-corrected chi connectivity index (χ1v) is 5.66. The molecule has 0 aliphatic rings. The Morgan fingerprint density at radius 2 is 2.15 bits per heavy atom. The van der Waals surface area contributed by atoms with Crippen molar-refractivity contribution in [3.8, 4) is 5.88 Å². The van der Waals surface area contributed by atoms with Crippen LogP contribution in [-0.2, 0) is 0 Å². The number of nitro benzene ring substituents is 1. The van der Waals surface area contributed by atoms with Gasteiger partial charge in [0.25, 0.3) is 11.6 Å². The summed E-state index contributed by atoms with van der Waals surface area (Å²) >= 11 is 0. The van der Waals surface area contributed by atoms with Crippen LogP contribution >= 0.6 is 0 Å². The number of methoxy groups -OCH3 is 1. The number of hydrogen-bond acceptors (Lipinski definition) is 5. The van der Waals surface area contributed by atoms with Crippen molar-refractivity contribution in [3.63, 3.8) is 0 Å². The van der Waals surface area contributed by atoms with E-state index in [1.165, 1.54) is 37.6 Å². The van der Waals surface area contributed by atoms with Crippen LogP contribution in [0.2, 0.25) is 0 Å². The monoisotopic (exact) mass is 273 g/mol. The maximum atomic E-state index is 12.0. The number of nitro groups is 1. The van der Waals surface area contributed by atoms with Gasteiger partial charge in [-0.15, -0.1) is 0 Å². The van der Waals surface area contributed by atoms with Crippen molar-refractivity contribution in [2.24, 2.45) is 0 Å². The number of nitrogens with one attached hydrogen (secondary N) is 1. The fourth-order valence-corrected chi connectivity index (χ4v) is 1.54. The van der Waals surface area contributed by atoms with E-state index >= 15 is 0 Å². The molecule has 7 nitrogen and oxygen atoms in total. The van der Waals surface area contributed by atoms with Crippen LogP contribution in [0.25, 0.3) is 0 Å². The van der Waals surface area contributed by atoms with Gasteiger partial charge in [0.2, 0.25) is 5.88 Å². The third-order valence-electron chi connectivity index (χ3n) is 2.52. The fourth-order valence-electron chi connectivity index (χ4n) is 1.54. The highest BCUT2D eigenvalue weighted by Crippen LogP contribution is 2.16. The predicted octanol–water partition coefficient (Wildman–Crippen LogP) is 2.25. The van der Waals surface area contributed by atoms with Crippen molar-refractivity contribution in [2.45, 2.75) is 0 Å². The number of pyridine rings is 1. The smallest absolute Gasteiger partial charge is 0.270 e. The summed E-state index contributed by atoms with van der Waals surface area (Å²) in [5.41, 5.74) is 0.544. The van der Waals surface area contributed by atoms with Gasteiger partial charge in [0.05, 0.1) is 23.9 Å². The second-order valence-electron chi connectivity index (χ2n) is 3.85. The van der Waals surface area contributed by atoms with Gasteiger partial charge in [0.1, 0.15) is 0 Å². The van der Waals surface area contributed by atoms with E-state index in [4.69, 9.17) is 4.74 Å². The molecule has 7 heteroatoms. The first kappa shape index (κ1) is 13.5. The van der Waals surface area contributed by atoms with Crippen LogP contribution in [0.3, 0.4) is 0 Å². The molecule has 0 atom stereocenters. The molecular weight excluding hydrogens is 262 g/mol. The van der Waals surface area contributed by atoms with E-state index in [1.807, 2.05) is 0 Å². The molecule has 0 aliphatic heterocycles. The summed E-state index contributed by atoms with van der Waals surface area (Å²) in [6.45, 7) is 0. The lowest BCUT2D eigenvalue weighted by Crippen LogP contribution is -2.12. The number of rotatable bonds is 4. The molecule has 1 amide bonds. The van der Waals surface area contributed by atoms with Crippen molar-refractivity contribution in [2.75, 3.05) is 12.4 Å². The Hall–Kier alpha value is -2.96. The van der Waals surface area contributed by atoms with Gasteiger partial charge in [0.15, 0.2) is 0 Å². The highest BCUT2D eigenvalue weighted by Gasteiger charge is 2.11. The van der Waals surface area contributed by atoms with E-state index in [-0.39, 0.29) is 11.3 Å². The van der Waals surface area contributed by atoms with Crippen LogP contribution in [0.4, 0.5) is 11.4 Å². The van der Waals surface area contributed by atoms with Crippen molar-refractivity contribution in [1.82, 2.24) is 4.98 Å². The van der Waals surface area contributed by atoms with Crippen molar-refractivity contribution >= 4 is 17.3 Å². The number of benzene rings is 1. The molecule has 0 spiro atoms. The Morgan fingerprint density at radius 1 is 1.35 bits per heavy atom. The molecule has 20 heavy (non-hydrogen) atoms. The summed E-state index contributed by atoms with van der Waals surface area (Å²) in [5.74, 6) is -0.0148. The van der Waals surface area contributed by atoms with Gasteiger partial charge in [-0.3, -0.25) is 14.9 Å². The quantitative estimate of drug-likeness (QED) is 0.681. The number of aromatic nitrogens is 1. The average molecular weight is 273 g/mol. The summed E-state index contributed by atoms with van der Waals surface area (Å²) in [7, 11) is 1.49. The number of ether oxygens (including phenoxy) is 1. The molecule has 1 aromatic carbocycles. The van der Waals surface area contributed by atoms with Gasteiger partial charge >= 0.3 is 0 Å². The minimum absolute atomic E-state index is 0.134. The van der Waals surface area contributed by atoms with Crippen LogP contribution in [-0.4, -0.2) is 22.9 Å². The molecule has 102 valence electrons. The molecule has 0 fully saturated rings. The average Bonchev–Trinajstić information content (AvgIpc) is 2.48. The Labute approximate surface area is 114 Å². The van der Waals surface area contributed by atoms with E-state index in [1.54, 1.807) is 12.1 Å². The van der Waals surface area contributed by atoms with Crippen molar-refractivity contribution < 1.29 is 14.5 Å². The van der Waals surface area contributed by atoms with Gasteiger partial charge in [-0.1, -0.05) is 6.07 Å². The number of amides is 1. The third-order valence-corrected chi connectivity index (χ3v) is 2.52. The molecule has 2 aromatic rings. The molecule has 0 unspecified atom stereocenters. The number of carbonyl (C=O) groups excluding carboxylic acids is 1. The van der Waals surface area contributed by atoms with Gasteiger partial charge in [-0.05, 0) is 12.1 Å². The standard InChI is InChI=1S/C13H11N3O4/c1-20-12-6-5-10(8-14-12)15-13(17)9-3-2-4-11(7-9)16(18)19/h2-8H,1H3,(H,15,17). The van der Waals surface area contributed by atoms with Gasteiger partial charge in [0, 0.05) is 23.8 Å². The molecular formula is C13H11N3O4. The lowest BCUT2D eigenvalue weighted by atomic mass is 10.2. The Bertz CT molecular complexity index is 640. The lowest BCUT2D eigenvalue weighted by Gasteiger charge is -2.05. The minimum Gasteiger partial charge on any atom is -0.481 e. The molecule has 0 saturated heterocycles. The molecule has 1 aromatic heterocycles. The highest BCUT2D eigenvalue weighted by atomic mass is 16.6. The van der Waals surface area contributed by atoms with E-state index in [2.05, 4.69) is 10.3 Å². The van der Waals surface area contributed by atoms with Gasteiger partial charge in [-0.25, -0.2) is 4.98 Å². The fraction of sp³-hybridized carbons (Fsp3) is 0.0769. The molecule has 0 aliphatic carbocycles. The molecule has 0 saturated carbocycles. The van der Waals surface area contributed by atoms with Crippen molar-refractivity contribution in [3.05, 3.63) is 58.3 Å². The number of carbonyl (C=O) groups is 1. The zero-order valence-corrected chi connectivity index (χ0v) is 10.6. The highest BCUT2D eigenvalue weighted by molar-refractivity contribution is 6.04. The molecule has 1 heterocycles. The lowest BCUT2D eigenvalue weighted by molar-refractivity contribution is -0.384. The number of non-ortho nitro benzene ring substituents is 1. The van der Waals surface area contributed by atoms with Crippen LogP contribution in [0.1, 0.15) is 10.4 Å². The summed E-state index contributed by atoms with van der Waals surface area (Å²) < 4.78 is 4.90. The Morgan fingerprint density at radius 3 is 2.75 bits per heavy atom. The largest absolute Gasteiger partial charge is 0.481 e. The first-order valence-electron chi connectivity index (χ1n) is 5.66. The van der Waals surface area contributed by atoms with E-state index in [0.717, 1.165) is 0 Å². The Balaban J connectivity index is 2.14. The molecule has 0 bridgehead atoms. The summed E-state index contributed by atoms with van der Waals surface area (Å²) in [6.07, 6.45) is 1.44.